The van der Waals surface area contributed by atoms with E-state index in [9.17, 15) is 0 Å². The van der Waals surface area contributed by atoms with E-state index in [2.05, 4.69) is 25.6 Å². The second-order valence-corrected chi connectivity index (χ2v) is 4.55. The summed E-state index contributed by atoms with van der Waals surface area (Å²) in [4.78, 5) is 12.5. The highest BCUT2D eigenvalue weighted by Crippen LogP contribution is 2.24. The van der Waals surface area contributed by atoms with Crippen molar-refractivity contribution in [2.24, 2.45) is 0 Å². The van der Waals surface area contributed by atoms with Crippen LogP contribution in [-0.4, -0.2) is 19.5 Å². The first-order valence-electron chi connectivity index (χ1n) is 6.43. The third-order valence-corrected chi connectivity index (χ3v) is 3.21. The Bertz CT molecular complexity index is 690. The van der Waals surface area contributed by atoms with Crippen LogP contribution >= 0.6 is 0 Å². The average Bonchev–Trinajstić information content (AvgIpc) is 2.95. The lowest BCUT2D eigenvalue weighted by Crippen LogP contribution is -2.03. The average molecular weight is 265 g/mol. The largest absolute Gasteiger partial charge is 0.398 e. The summed E-state index contributed by atoms with van der Waals surface area (Å²) >= 11 is 0. The van der Waals surface area contributed by atoms with Crippen molar-refractivity contribution in [1.82, 2.24) is 19.5 Å². The number of hydrogen-bond donors (Lipinski definition) is 1. The van der Waals surface area contributed by atoms with Crippen molar-refractivity contribution >= 4 is 5.69 Å². The molecule has 0 radical (unpaired) electrons. The number of rotatable bonds is 4. The molecular formula is C15H15N5. The summed E-state index contributed by atoms with van der Waals surface area (Å²) in [7, 11) is 0. The zero-order chi connectivity index (χ0) is 13.8. The molecule has 3 heterocycles. The predicted molar refractivity (Wildman–Crippen MR) is 77.8 cm³/mol. The topological polar surface area (TPSA) is 69.6 Å². The fraction of sp³-hybridized carbons (Fsp3) is 0.133. The number of nitrogen functional groups attached to an aromatic ring is 1. The molecule has 5 heteroatoms. The van der Waals surface area contributed by atoms with Crippen LogP contribution in [0.4, 0.5) is 5.69 Å². The summed E-state index contributed by atoms with van der Waals surface area (Å²) < 4.78 is 2.08. The fourth-order valence-corrected chi connectivity index (χ4v) is 2.14. The Morgan fingerprint density at radius 1 is 1.00 bits per heavy atom. The Kier molecular flexibility index (Phi) is 3.41. The van der Waals surface area contributed by atoms with E-state index in [-0.39, 0.29) is 0 Å². The van der Waals surface area contributed by atoms with Gasteiger partial charge in [-0.2, -0.15) is 0 Å². The first-order chi connectivity index (χ1) is 9.84. The number of nitrogens with zero attached hydrogens (tertiary/aromatic N) is 4. The van der Waals surface area contributed by atoms with Crippen LogP contribution in [0.15, 0.2) is 55.5 Å². The lowest BCUT2D eigenvalue weighted by molar-refractivity contribution is 0.700. The molecule has 0 saturated heterocycles. The molecular weight excluding hydrogens is 250 g/mol. The smallest absolute Gasteiger partial charge is 0.0951 e. The first-order valence-corrected chi connectivity index (χ1v) is 6.43. The van der Waals surface area contributed by atoms with Crippen LogP contribution in [0.2, 0.25) is 0 Å². The van der Waals surface area contributed by atoms with Crippen LogP contribution in [0.25, 0.3) is 11.3 Å². The lowest BCUT2D eigenvalue weighted by Gasteiger charge is -2.09. The van der Waals surface area contributed by atoms with Crippen molar-refractivity contribution in [3.63, 3.8) is 0 Å². The lowest BCUT2D eigenvalue weighted by atomic mass is 10.1. The summed E-state index contributed by atoms with van der Waals surface area (Å²) in [6.07, 6.45) is 11.7. The van der Waals surface area contributed by atoms with Gasteiger partial charge in [0.2, 0.25) is 0 Å². The van der Waals surface area contributed by atoms with Gasteiger partial charge >= 0.3 is 0 Å². The molecule has 3 aromatic heterocycles. The summed E-state index contributed by atoms with van der Waals surface area (Å²) in [5, 5.41) is 0. The van der Waals surface area contributed by atoms with Gasteiger partial charge in [-0.15, -0.1) is 0 Å². The molecule has 0 aromatic carbocycles. The molecule has 100 valence electrons. The monoisotopic (exact) mass is 265 g/mol. The predicted octanol–water partition coefficient (Wildman–Crippen LogP) is 2.17. The third kappa shape index (κ3) is 2.51. The van der Waals surface area contributed by atoms with E-state index in [4.69, 9.17) is 5.73 Å². The Hall–Kier alpha value is -2.69. The van der Waals surface area contributed by atoms with Crippen molar-refractivity contribution in [1.29, 1.82) is 0 Å². The van der Waals surface area contributed by atoms with Gasteiger partial charge in [-0.1, -0.05) is 6.07 Å². The second-order valence-electron chi connectivity index (χ2n) is 4.55. The number of pyridine rings is 2. The minimum absolute atomic E-state index is 0.711. The molecule has 0 amide bonds. The highest BCUT2D eigenvalue weighted by atomic mass is 15.0. The van der Waals surface area contributed by atoms with Gasteiger partial charge in [-0.3, -0.25) is 9.97 Å². The molecule has 3 rings (SSSR count). The quantitative estimate of drug-likeness (QED) is 0.784. The van der Waals surface area contributed by atoms with E-state index in [0.717, 1.165) is 24.2 Å². The molecule has 0 spiro atoms. The molecule has 20 heavy (non-hydrogen) atoms. The molecule has 0 fully saturated rings. The Morgan fingerprint density at radius 3 is 2.70 bits per heavy atom. The van der Waals surface area contributed by atoms with Gasteiger partial charge in [-0.25, -0.2) is 4.98 Å². The second kappa shape index (κ2) is 5.52. The maximum atomic E-state index is 6.00. The van der Waals surface area contributed by atoms with E-state index in [1.807, 2.05) is 24.8 Å². The minimum Gasteiger partial charge on any atom is -0.398 e. The third-order valence-electron chi connectivity index (χ3n) is 3.21. The van der Waals surface area contributed by atoms with Crippen LogP contribution in [0.5, 0.6) is 0 Å². The van der Waals surface area contributed by atoms with Gasteiger partial charge in [0.05, 0.1) is 18.2 Å². The van der Waals surface area contributed by atoms with Crippen LogP contribution in [0, 0.1) is 0 Å². The highest BCUT2D eigenvalue weighted by Gasteiger charge is 2.08. The number of imidazole rings is 1. The van der Waals surface area contributed by atoms with E-state index in [1.165, 1.54) is 5.56 Å². The molecule has 0 atom stereocenters. The normalized spacial score (nSPS) is 10.6. The maximum Gasteiger partial charge on any atom is 0.0951 e. The summed E-state index contributed by atoms with van der Waals surface area (Å²) in [6, 6.07) is 5.82. The van der Waals surface area contributed by atoms with E-state index in [1.54, 1.807) is 24.7 Å². The van der Waals surface area contributed by atoms with Crippen molar-refractivity contribution in [2.75, 3.05) is 5.73 Å². The van der Waals surface area contributed by atoms with E-state index in [0.29, 0.717) is 5.69 Å². The number of aryl methyl sites for hydroxylation is 2. The van der Waals surface area contributed by atoms with Crippen LogP contribution in [-0.2, 0) is 13.0 Å². The molecule has 5 nitrogen and oxygen atoms in total. The number of nitrogens with two attached hydrogens (primary N) is 1. The standard InChI is InChI=1S/C15H15N5/c16-14-3-6-18-9-13(14)15-10-19-11-20(15)7-4-12-2-1-5-17-8-12/h1-3,5-6,8-11H,4,7H2,(H2,16,18). The molecule has 0 aliphatic carbocycles. The zero-order valence-corrected chi connectivity index (χ0v) is 11.0. The van der Waals surface area contributed by atoms with E-state index >= 15 is 0 Å². The van der Waals surface area contributed by atoms with Gasteiger partial charge in [0.15, 0.2) is 0 Å². The van der Waals surface area contributed by atoms with E-state index < -0.39 is 0 Å². The van der Waals surface area contributed by atoms with Crippen molar-refractivity contribution in [3.8, 4) is 11.3 Å². The minimum atomic E-state index is 0.711. The van der Waals surface area contributed by atoms with Gasteiger partial charge in [0.1, 0.15) is 0 Å². The molecule has 3 aromatic rings. The van der Waals surface area contributed by atoms with Gasteiger partial charge in [0.25, 0.3) is 0 Å². The van der Waals surface area contributed by atoms with Crippen molar-refractivity contribution < 1.29 is 0 Å². The Morgan fingerprint density at radius 2 is 1.90 bits per heavy atom. The highest BCUT2D eigenvalue weighted by molar-refractivity contribution is 5.72. The number of anilines is 1. The first kappa shape index (κ1) is 12.3. The Labute approximate surface area is 117 Å². The zero-order valence-electron chi connectivity index (χ0n) is 11.0. The SMILES string of the molecule is Nc1ccncc1-c1cncn1CCc1cccnc1. The molecule has 0 bridgehead atoms. The van der Waals surface area contributed by atoms with Crippen molar-refractivity contribution in [2.45, 2.75) is 13.0 Å². The van der Waals surface area contributed by atoms with Gasteiger partial charge in [-0.05, 0) is 24.1 Å². The van der Waals surface area contributed by atoms with Crippen LogP contribution in [0.1, 0.15) is 5.56 Å². The van der Waals surface area contributed by atoms with Crippen LogP contribution < -0.4 is 5.73 Å². The molecule has 0 saturated carbocycles. The number of aromatic nitrogens is 4. The number of hydrogen-bond acceptors (Lipinski definition) is 4. The molecule has 0 unspecified atom stereocenters. The molecule has 2 N–H and O–H groups in total. The van der Waals surface area contributed by atoms with Gasteiger partial charge < -0.3 is 10.3 Å². The van der Waals surface area contributed by atoms with Gasteiger partial charge in [0, 0.05) is 42.6 Å². The van der Waals surface area contributed by atoms with Crippen molar-refractivity contribution in [3.05, 3.63) is 61.1 Å². The summed E-state index contributed by atoms with van der Waals surface area (Å²) in [5.41, 5.74) is 9.81. The maximum absolute atomic E-state index is 6.00. The fourth-order valence-electron chi connectivity index (χ4n) is 2.14. The summed E-state index contributed by atoms with van der Waals surface area (Å²) in [6.45, 7) is 0.829. The molecule has 0 aliphatic rings. The summed E-state index contributed by atoms with van der Waals surface area (Å²) in [5.74, 6) is 0. The Balaban J connectivity index is 1.83. The van der Waals surface area contributed by atoms with Crippen LogP contribution in [0.3, 0.4) is 0 Å². The molecule has 0 aliphatic heterocycles.